The summed E-state index contributed by atoms with van der Waals surface area (Å²) in [6.07, 6.45) is 0.366. The number of nitriles is 1. The molecule has 0 bridgehead atoms. The number of morpholine rings is 1. The first kappa shape index (κ1) is 14.0. The summed E-state index contributed by atoms with van der Waals surface area (Å²) in [6, 6.07) is 11.9. The fourth-order valence-corrected chi connectivity index (χ4v) is 2.69. The molecule has 1 saturated heterocycles. The number of rotatable bonds is 3. The van der Waals surface area contributed by atoms with E-state index < -0.39 is 5.54 Å². The Balaban J connectivity index is 2.13. The van der Waals surface area contributed by atoms with Crippen molar-refractivity contribution in [3.05, 3.63) is 35.9 Å². The first-order valence-electron chi connectivity index (χ1n) is 6.67. The summed E-state index contributed by atoms with van der Waals surface area (Å²) in [5, 5.41) is 9.47. The van der Waals surface area contributed by atoms with Gasteiger partial charge >= 0.3 is 0 Å². The molecule has 1 aromatic rings. The first-order valence-corrected chi connectivity index (χ1v) is 6.67. The van der Waals surface area contributed by atoms with Crippen LogP contribution in [0.15, 0.2) is 30.3 Å². The molecule has 0 saturated carbocycles. The lowest BCUT2D eigenvalue weighted by molar-refractivity contribution is -0.0711. The molecule has 0 aromatic heterocycles. The van der Waals surface area contributed by atoms with Crippen LogP contribution < -0.4 is 5.73 Å². The molecule has 19 heavy (non-hydrogen) atoms. The minimum atomic E-state index is -0.960. The van der Waals surface area contributed by atoms with Gasteiger partial charge in [0.15, 0.2) is 0 Å². The van der Waals surface area contributed by atoms with Crippen molar-refractivity contribution in [3.63, 3.8) is 0 Å². The number of benzene rings is 1. The largest absolute Gasteiger partial charge is 0.373 e. The summed E-state index contributed by atoms with van der Waals surface area (Å²) < 4.78 is 5.70. The van der Waals surface area contributed by atoms with Crippen molar-refractivity contribution >= 4 is 0 Å². The van der Waals surface area contributed by atoms with Crippen molar-refractivity contribution in [3.8, 4) is 6.07 Å². The van der Waals surface area contributed by atoms with Crippen molar-refractivity contribution in [2.45, 2.75) is 31.6 Å². The molecular formula is C15H21N3O. The van der Waals surface area contributed by atoms with Gasteiger partial charge in [-0.25, -0.2) is 0 Å². The number of nitrogens with zero attached hydrogens (tertiary/aromatic N) is 2. The molecular weight excluding hydrogens is 238 g/mol. The summed E-state index contributed by atoms with van der Waals surface area (Å²) in [6.45, 7) is 6.27. The summed E-state index contributed by atoms with van der Waals surface area (Å²) in [5.41, 5.74) is 6.20. The average Bonchev–Trinajstić information content (AvgIpc) is 2.38. The highest BCUT2D eigenvalue weighted by molar-refractivity contribution is 5.31. The average molecular weight is 259 g/mol. The van der Waals surface area contributed by atoms with E-state index in [2.05, 4.69) is 24.8 Å². The smallest absolute Gasteiger partial charge is 0.142 e. The van der Waals surface area contributed by atoms with Gasteiger partial charge in [0.05, 0.1) is 18.3 Å². The predicted molar refractivity (Wildman–Crippen MR) is 74.4 cm³/mol. The molecule has 1 unspecified atom stereocenters. The molecule has 1 aromatic carbocycles. The van der Waals surface area contributed by atoms with Crippen LogP contribution in [-0.2, 0) is 10.3 Å². The lowest BCUT2D eigenvalue weighted by atomic mass is 9.91. The van der Waals surface area contributed by atoms with E-state index in [0.29, 0.717) is 6.54 Å². The Bertz CT molecular complexity index is 446. The topological polar surface area (TPSA) is 62.3 Å². The van der Waals surface area contributed by atoms with Crippen molar-refractivity contribution in [1.29, 1.82) is 5.26 Å². The van der Waals surface area contributed by atoms with Crippen LogP contribution in [0.2, 0.25) is 0 Å². The normalized spacial score (nSPS) is 27.5. The van der Waals surface area contributed by atoms with Gasteiger partial charge in [-0.2, -0.15) is 5.26 Å². The van der Waals surface area contributed by atoms with Gasteiger partial charge in [0, 0.05) is 19.6 Å². The molecule has 1 aliphatic rings. The minimum absolute atomic E-state index is 0.183. The van der Waals surface area contributed by atoms with Crippen LogP contribution in [0.4, 0.5) is 0 Å². The fraction of sp³-hybridized carbons (Fsp3) is 0.533. The lowest BCUT2D eigenvalue weighted by Gasteiger charge is -2.38. The van der Waals surface area contributed by atoms with E-state index >= 15 is 0 Å². The van der Waals surface area contributed by atoms with Crippen LogP contribution in [-0.4, -0.2) is 36.7 Å². The molecule has 0 radical (unpaired) electrons. The summed E-state index contributed by atoms with van der Waals surface area (Å²) in [4.78, 5) is 2.22. The van der Waals surface area contributed by atoms with Gasteiger partial charge in [-0.05, 0) is 19.4 Å². The van der Waals surface area contributed by atoms with E-state index in [1.165, 1.54) is 0 Å². The molecule has 1 fully saturated rings. The second kappa shape index (κ2) is 5.70. The van der Waals surface area contributed by atoms with Gasteiger partial charge in [0.2, 0.25) is 0 Å². The summed E-state index contributed by atoms with van der Waals surface area (Å²) in [5.74, 6) is 0. The number of ether oxygens (including phenoxy) is 1. The fourth-order valence-electron chi connectivity index (χ4n) is 2.69. The molecule has 2 N–H and O–H groups in total. The molecule has 1 heterocycles. The van der Waals surface area contributed by atoms with E-state index in [1.807, 2.05) is 30.3 Å². The quantitative estimate of drug-likeness (QED) is 0.893. The molecule has 3 atom stereocenters. The van der Waals surface area contributed by atoms with Crippen molar-refractivity contribution < 1.29 is 4.74 Å². The van der Waals surface area contributed by atoms with Gasteiger partial charge in [-0.15, -0.1) is 0 Å². The van der Waals surface area contributed by atoms with Crippen LogP contribution >= 0.6 is 0 Å². The number of hydrogen-bond acceptors (Lipinski definition) is 4. The van der Waals surface area contributed by atoms with Crippen LogP contribution in [0.3, 0.4) is 0 Å². The Morgan fingerprint density at radius 2 is 1.89 bits per heavy atom. The van der Waals surface area contributed by atoms with E-state index in [9.17, 15) is 5.26 Å². The van der Waals surface area contributed by atoms with Crippen LogP contribution in [0.25, 0.3) is 0 Å². The van der Waals surface area contributed by atoms with Crippen LogP contribution in [0.5, 0.6) is 0 Å². The van der Waals surface area contributed by atoms with Crippen LogP contribution in [0.1, 0.15) is 19.4 Å². The maximum absolute atomic E-state index is 9.47. The van der Waals surface area contributed by atoms with E-state index in [-0.39, 0.29) is 12.2 Å². The molecule has 4 nitrogen and oxygen atoms in total. The van der Waals surface area contributed by atoms with Gasteiger partial charge in [-0.1, -0.05) is 30.3 Å². The van der Waals surface area contributed by atoms with Gasteiger partial charge in [-0.3, -0.25) is 4.90 Å². The zero-order valence-corrected chi connectivity index (χ0v) is 11.5. The summed E-state index contributed by atoms with van der Waals surface area (Å²) in [7, 11) is 0. The van der Waals surface area contributed by atoms with E-state index in [0.717, 1.165) is 18.7 Å². The monoisotopic (exact) mass is 259 g/mol. The number of hydrogen-bond donors (Lipinski definition) is 1. The van der Waals surface area contributed by atoms with Crippen molar-refractivity contribution in [2.75, 3.05) is 19.6 Å². The molecule has 1 aliphatic heterocycles. The maximum atomic E-state index is 9.47. The van der Waals surface area contributed by atoms with Crippen LogP contribution in [0, 0.1) is 11.3 Å². The molecule has 102 valence electrons. The molecule has 4 heteroatoms. The second-order valence-electron chi connectivity index (χ2n) is 5.40. The van der Waals surface area contributed by atoms with Gasteiger partial charge in [0.25, 0.3) is 0 Å². The second-order valence-corrected chi connectivity index (χ2v) is 5.40. The molecule has 0 amide bonds. The first-order chi connectivity index (χ1) is 9.03. The maximum Gasteiger partial charge on any atom is 0.142 e. The Morgan fingerprint density at radius 1 is 1.32 bits per heavy atom. The highest BCUT2D eigenvalue weighted by atomic mass is 16.5. The zero-order chi connectivity index (χ0) is 13.9. The highest BCUT2D eigenvalue weighted by Gasteiger charge is 2.33. The third-order valence-corrected chi connectivity index (χ3v) is 3.46. The highest BCUT2D eigenvalue weighted by Crippen LogP contribution is 2.21. The van der Waals surface area contributed by atoms with E-state index in [4.69, 9.17) is 10.5 Å². The molecule has 0 aliphatic carbocycles. The SMILES string of the molecule is C[C@@H]1CN(CC(N)(C#N)c2ccccc2)C[C@H](C)O1. The van der Waals surface area contributed by atoms with Gasteiger partial charge in [0.1, 0.15) is 5.54 Å². The lowest BCUT2D eigenvalue weighted by Crippen LogP contribution is -2.53. The number of nitrogens with two attached hydrogens (primary N) is 1. The summed E-state index contributed by atoms with van der Waals surface area (Å²) >= 11 is 0. The Morgan fingerprint density at radius 3 is 2.42 bits per heavy atom. The Labute approximate surface area is 114 Å². The Kier molecular flexibility index (Phi) is 4.20. The standard InChI is InChI=1S/C15H21N3O/c1-12-8-18(9-13(2)19-12)11-15(17,10-16)14-6-4-3-5-7-14/h3-7,12-13H,8-9,11,17H2,1-2H3/t12-,13+,15?. The van der Waals surface area contributed by atoms with Crippen molar-refractivity contribution in [2.24, 2.45) is 5.73 Å². The Hall–Kier alpha value is -1.41. The third kappa shape index (κ3) is 3.32. The molecule has 2 rings (SSSR count). The van der Waals surface area contributed by atoms with E-state index in [1.54, 1.807) is 0 Å². The van der Waals surface area contributed by atoms with Crippen molar-refractivity contribution in [1.82, 2.24) is 4.90 Å². The van der Waals surface area contributed by atoms with Gasteiger partial charge < -0.3 is 10.5 Å². The molecule has 0 spiro atoms. The zero-order valence-electron chi connectivity index (χ0n) is 11.5. The minimum Gasteiger partial charge on any atom is -0.373 e. The predicted octanol–water partition coefficient (Wildman–Crippen LogP) is 1.47. The third-order valence-electron chi connectivity index (χ3n) is 3.46.